The molecule has 0 aromatic heterocycles. The number of alkyl halides is 6. The monoisotopic (exact) mass is 443 g/mol. The zero-order chi connectivity index (χ0) is 23.4. The third-order valence-electron chi connectivity index (χ3n) is 4.19. The van der Waals surface area contributed by atoms with Gasteiger partial charge in [-0.2, -0.15) is 31.6 Å². The number of primary amides is 1. The molecule has 0 fully saturated rings. The van der Waals surface area contributed by atoms with Crippen LogP contribution in [-0.4, -0.2) is 17.9 Å². The summed E-state index contributed by atoms with van der Waals surface area (Å²) >= 11 is 0. The molecule has 164 valence electrons. The summed E-state index contributed by atoms with van der Waals surface area (Å²) in [6.07, 6.45) is -11.1. The van der Waals surface area contributed by atoms with Gasteiger partial charge in [0.1, 0.15) is 6.04 Å². The Labute approximate surface area is 172 Å². The molecule has 2 rings (SSSR count). The fraction of sp³-hybridized carbons (Fsp3) is 0.250. The van der Waals surface area contributed by atoms with Crippen LogP contribution in [-0.2, 0) is 34.8 Å². The van der Waals surface area contributed by atoms with Crippen LogP contribution in [0, 0.1) is 11.3 Å². The molecule has 0 radical (unpaired) electrons. The number of amides is 2. The Morgan fingerprint density at radius 2 is 1.55 bits per heavy atom. The number of halogens is 6. The highest BCUT2D eigenvalue weighted by atomic mass is 19.4. The Morgan fingerprint density at radius 3 is 2.03 bits per heavy atom. The van der Waals surface area contributed by atoms with E-state index in [0.29, 0.717) is 17.7 Å². The minimum Gasteiger partial charge on any atom is -0.368 e. The highest BCUT2D eigenvalue weighted by molar-refractivity contribution is 5.87. The smallest absolute Gasteiger partial charge is 0.368 e. The van der Waals surface area contributed by atoms with E-state index in [2.05, 4.69) is 5.32 Å². The SMILES string of the molecule is N#Cc1cccc(C[C@H](NC(=O)Cc2cc(C(F)(F)F)cc(C(F)(F)F)c2)C(N)=O)c1. The van der Waals surface area contributed by atoms with Crippen LogP contribution < -0.4 is 11.1 Å². The molecule has 0 aliphatic carbocycles. The highest BCUT2D eigenvalue weighted by Crippen LogP contribution is 2.36. The molecular formula is C20H15F6N3O2. The predicted octanol–water partition coefficient (Wildman–Crippen LogP) is 3.35. The molecule has 31 heavy (non-hydrogen) atoms. The van der Waals surface area contributed by atoms with Gasteiger partial charge in [0.25, 0.3) is 0 Å². The summed E-state index contributed by atoms with van der Waals surface area (Å²) in [7, 11) is 0. The van der Waals surface area contributed by atoms with Crippen molar-refractivity contribution in [2.75, 3.05) is 0 Å². The standard InChI is InChI=1S/C20H15F6N3O2/c21-19(22,23)14-5-13(6-15(9-14)20(24,25)26)8-17(30)29-16(18(28)31)7-11-2-1-3-12(4-11)10-27/h1-6,9,16H,7-8H2,(H2,28,31)(H,29,30)/t16-/m0/s1. The molecule has 5 nitrogen and oxygen atoms in total. The van der Waals surface area contributed by atoms with E-state index in [4.69, 9.17) is 11.0 Å². The maximum Gasteiger partial charge on any atom is 0.416 e. The number of nitriles is 1. The molecular weight excluding hydrogens is 428 g/mol. The van der Waals surface area contributed by atoms with E-state index < -0.39 is 53.3 Å². The molecule has 2 aromatic rings. The van der Waals surface area contributed by atoms with Gasteiger partial charge in [0.05, 0.1) is 29.2 Å². The van der Waals surface area contributed by atoms with Gasteiger partial charge < -0.3 is 11.1 Å². The summed E-state index contributed by atoms with van der Waals surface area (Å²) in [5.74, 6) is -1.96. The van der Waals surface area contributed by atoms with Gasteiger partial charge in [0.15, 0.2) is 0 Å². The quantitative estimate of drug-likeness (QED) is 0.671. The third-order valence-corrected chi connectivity index (χ3v) is 4.19. The van der Waals surface area contributed by atoms with Crippen molar-refractivity contribution in [1.82, 2.24) is 5.32 Å². The fourth-order valence-corrected chi connectivity index (χ4v) is 2.78. The van der Waals surface area contributed by atoms with Crippen molar-refractivity contribution in [2.24, 2.45) is 5.73 Å². The van der Waals surface area contributed by atoms with Gasteiger partial charge in [-0.05, 0) is 41.5 Å². The van der Waals surface area contributed by atoms with Crippen molar-refractivity contribution >= 4 is 11.8 Å². The maximum absolute atomic E-state index is 12.9. The first-order valence-corrected chi connectivity index (χ1v) is 8.65. The van der Waals surface area contributed by atoms with Crippen LogP contribution in [0.1, 0.15) is 27.8 Å². The summed E-state index contributed by atoms with van der Waals surface area (Å²) < 4.78 is 77.6. The van der Waals surface area contributed by atoms with Gasteiger partial charge in [0, 0.05) is 6.42 Å². The van der Waals surface area contributed by atoms with Crippen LogP contribution in [0.3, 0.4) is 0 Å². The van der Waals surface area contributed by atoms with Crippen LogP contribution in [0.15, 0.2) is 42.5 Å². The number of nitrogens with one attached hydrogen (secondary N) is 1. The van der Waals surface area contributed by atoms with Crippen molar-refractivity contribution in [1.29, 1.82) is 5.26 Å². The molecule has 0 heterocycles. The molecule has 1 atom stereocenters. The summed E-state index contributed by atoms with van der Waals surface area (Å²) in [6.45, 7) is 0. The van der Waals surface area contributed by atoms with E-state index in [1.165, 1.54) is 18.2 Å². The van der Waals surface area contributed by atoms with Gasteiger partial charge in [-0.1, -0.05) is 12.1 Å². The van der Waals surface area contributed by atoms with Crippen LogP contribution in [0.2, 0.25) is 0 Å². The lowest BCUT2D eigenvalue weighted by atomic mass is 10.0. The average Bonchev–Trinajstić information content (AvgIpc) is 2.66. The highest BCUT2D eigenvalue weighted by Gasteiger charge is 2.37. The molecule has 3 N–H and O–H groups in total. The fourth-order valence-electron chi connectivity index (χ4n) is 2.78. The molecule has 0 spiro atoms. The lowest BCUT2D eigenvalue weighted by Gasteiger charge is -2.17. The van der Waals surface area contributed by atoms with Crippen LogP contribution in [0.5, 0.6) is 0 Å². The molecule has 0 bridgehead atoms. The van der Waals surface area contributed by atoms with Crippen molar-refractivity contribution in [3.63, 3.8) is 0 Å². The van der Waals surface area contributed by atoms with E-state index in [-0.39, 0.29) is 18.1 Å². The van der Waals surface area contributed by atoms with E-state index in [1.54, 1.807) is 6.07 Å². The van der Waals surface area contributed by atoms with Gasteiger partial charge in [0.2, 0.25) is 11.8 Å². The first kappa shape index (κ1) is 23.7. The Balaban J connectivity index is 2.22. The van der Waals surface area contributed by atoms with Crippen molar-refractivity contribution in [3.05, 3.63) is 70.3 Å². The molecule has 2 amide bonds. The van der Waals surface area contributed by atoms with E-state index in [1.807, 2.05) is 6.07 Å². The van der Waals surface area contributed by atoms with E-state index in [9.17, 15) is 35.9 Å². The number of rotatable bonds is 6. The maximum atomic E-state index is 12.9. The van der Waals surface area contributed by atoms with Crippen molar-refractivity contribution in [3.8, 4) is 6.07 Å². The average molecular weight is 443 g/mol. The number of nitrogens with two attached hydrogens (primary N) is 1. The lowest BCUT2D eigenvalue weighted by Crippen LogP contribution is -2.46. The third kappa shape index (κ3) is 6.74. The normalized spacial score (nSPS) is 12.7. The topological polar surface area (TPSA) is 96.0 Å². The molecule has 0 aliphatic rings. The number of benzene rings is 2. The molecule has 0 unspecified atom stereocenters. The summed E-state index contributed by atoms with van der Waals surface area (Å²) in [4.78, 5) is 23.9. The van der Waals surface area contributed by atoms with Crippen LogP contribution in [0.25, 0.3) is 0 Å². The number of carbonyl (C=O) groups is 2. The van der Waals surface area contributed by atoms with Gasteiger partial charge >= 0.3 is 12.4 Å². The van der Waals surface area contributed by atoms with Gasteiger partial charge in [-0.3, -0.25) is 9.59 Å². The lowest BCUT2D eigenvalue weighted by molar-refractivity contribution is -0.143. The van der Waals surface area contributed by atoms with Crippen molar-refractivity contribution < 1.29 is 35.9 Å². The summed E-state index contributed by atoms with van der Waals surface area (Å²) in [5, 5.41) is 11.1. The molecule has 0 saturated carbocycles. The zero-order valence-electron chi connectivity index (χ0n) is 15.6. The number of hydrogen-bond acceptors (Lipinski definition) is 3. The molecule has 2 aromatic carbocycles. The van der Waals surface area contributed by atoms with Gasteiger partial charge in [-0.15, -0.1) is 0 Å². The number of nitrogens with zero attached hydrogens (tertiary/aromatic N) is 1. The molecule has 11 heteroatoms. The first-order chi connectivity index (χ1) is 14.3. The predicted molar refractivity (Wildman–Crippen MR) is 96.1 cm³/mol. The second-order valence-electron chi connectivity index (χ2n) is 6.63. The number of carbonyl (C=O) groups excluding carboxylic acids is 2. The Hall–Kier alpha value is -3.55. The Bertz CT molecular complexity index is 993. The second-order valence-corrected chi connectivity index (χ2v) is 6.63. The summed E-state index contributed by atoms with van der Waals surface area (Å²) in [6, 6.07) is 7.49. The molecule has 0 saturated heterocycles. The number of hydrogen-bond donors (Lipinski definition) is 2. The van der Waals surface area contributed by atoms with Crippen LogP contribution >= 0.6 is 0 Å². The molecule has 0 aliphatic heterocycles. The zero-order valence-corrected chi connectivity index (χ0v) is 15.6. The van der Waals surface area contributed by atoms with E-state index >= 15 is 0 Å². The van der Waals surface area contributed by atoms with Crippen LogP contribution in [0.4, 0.5) is 26.3 Å². The Morgan fingerprint density at radius 1 is 0.968 bits per heavy atom. The van der Waals surface area contributed by atoms with Crippen molar-refractivity contribution in [2.45, 2.75) is 31.2 Å². The summed E-state index contributed by atoms with van der Waals surface area (Å²) in [5.41, 5.74) is 2.37. The van der Waals surface area contributed by atoms with E-state index in [0.717, 1.165) is 0 Å². The minimum absolute atomic E-state index is 0.0458. The first-order valence-electron chi connectivity index (χ1n) is 8.65. The Kier molecular flexibility index (Phi) is 6.95. The minimum atomic E-state index is -5.05. The second kappa shape index (κ2) is 9.07. The van der Waals surface area contributed by atoms with Gasteiger partial charge in [-0.25, -0.2) is 0 Å². The largest absolute Gasteiger partial charge is 0.416 e.